The van der Waals surface area contributed by atoms with E-state index in [-0.39, 0.29) is 11.5 Å². The number of esters is 10. The number of phenolic OH excluding ortho intramolecular Hbond substituents is 26. The van der Waals surface area contributed by atoms with Gasteiger partial charge in [0.25, 0.3) is 0 Å². The Hall–Kier alpha value is -19.2. The van der Waals surface area contributed by atoms with Crippen molar-refractivity contribution in [2.24, 2.45) is 11.7 Å². The maximum absolute atomic E-state index is 15.3. The molecular weight excluding hydrogens is 1870 g/mol. The Morgan fingerprint density at radius 1 is 0.300 bits per heavy atom. The van der Waals surface area contributed by atoms with E-state index in [1.54, 1.807) is 0 Å². The van der Waals surface area contributed by atoms with Crippen molar-refractivity contribution in [2.75, 3.05) is 6.61 Å². The van der Waals surface area contributed by atoms with E-state index in [1.165, 1.54) is 36.8 Å². The second kappa shape index (κ2) is 39.2. The van der Waals surface area contributed by atoms with Crippen molar-refractivity contribution in [3.63, 3.8) is 0 Å². The standard InChI is InChI=1S/C76H52O46.C16H23NO/c77-32-1-22(2-33(78)53(32)92)67(103)113-47-16-27(11-42(87)58(47)97)66(102)112-21-52-63(119-72(108)28-12-43(88)59(98)48(17-28)114-68(104)23-3-34(79)54(93)35(80)4-23)64(120-73(109)29-13-44(89)60(99)49(18-29)115-69(105)24-5-36(81)55(94)37(82)6-24)65(121-74(110)30-14-45(90)61(100)50(19-30)116-70(106)25-7-38(83)56(95)39(84)8-25)76(118-52)122-75(111)31-15-46(91)62(101)51(20-31)117-71(107)26-9-40(85)57(96)41(86)10-26;1-16-8-4-2-3-5-12(15(16)17)9-11-6-7-13(18)10-14(11)16/h1-20,52,63-65,76-101H,21H2;6-7,10,12,15,18H,2-5,8-9,17H2,1H3/t52-,63-,64+,65-,76+;12?,15-,16+/m10/s1. The fourth-order valence-corrected chi connectivity index (χ4v) is 14.9. The van der Waals surface area contributed by atoms with Crippen LogP contribution in [0.2, 0.25) is 0 Å². The van der Waals surface area contributed by atoms with Crippen LogP contribution in [0.25, 0.3) is 0 Å². The molecule has 2 fully saturated rings. The Bertz CT molecular complexity index is 6830. The molecule has 11 aromatic carbocycles. The van der Waals surface area contributed by atoms with Crippen LogP contribution < -0.4 is 29.4 Å². The Morgan fingerprint density at radius 2 is 0.557 bits per heavy atom. The molecule has 2 aliphatic carbocycles. The van der Waals surface area contributed by atoms with Gasteiger partial charge in [0.05, 0.1) is 55.6 Å². The molecule has 2 bridgehead atoms. The van der Waals surface area contributed by atoms with Gasteiger partial charge < -0.3 is 191 Å². The quantitative estimate of drug-likeness (QED) is 0.0140. The molecule has 3 aliphatic rings. The van der Waals surface area contributed by atoms with E-state index in [9.17, 15) is 166 Å². The largest absolute Gasteiger partial charge is 0.508 e. The van der Waals surface area contributed by atoms with Crippen molar-refractivity contribution in [2.45, 2.75) is 87.6 Å². The number of carbonyl (C=O) groups excluding carboxylic acids is 10. The number of nitrogens with two attached hydrogens (primary N) is 1. The topological polar surface area (TPSA) is 824 Å². The summed E-state index contributed by atoms with van der Waals surface area (Å²) in [4.78, 5) is 142. The molecule has 0 spiro atoms. The van der Waals surface area contributed by atoms with Gasteiger partial charge in [0.15, 0.2) is 156 Å². The first-order valence-corrected chi connectivity index (χ1v) is 40.4. The predicted molar refractivity (Wildman–Crippen MR) is 457 cm³/mol. The van der Waals surface area contributed by atoms with E-state index < -0.39 is 325 Å². The fourth-order valence-electron chi connectivity index (χ4n) is 14.9. The third-order valence-electron chi connectivity index (χ3n) is 22.1. The number of hydrogen-bond acceptors (Lipinski definition) is 48. The Balaban J connectivity index is 0.000000814. The van der Waals surface area contributed by atoms with Gasteiger partial charge in [-0.05, 0) is 170 Å². The third-order valence-corrected chi connectivity index (χ3v) is 22.1. The summed E-state index contributed by atoms with van der Waals surface area (Å²) in [5.74, 6) is -55.0. The molecule has 1 aliphatic heterocycles. The highest BCUT2D eigenvalue weighted by Crippen LogP contribution is 2.51. The zero-order chi connectivity index (χ0) is 102. The summed E-state index contributed by atoms with van der Waals surface area (Å²) in [5, 5.41) is 271. The lowest BCUT2D eigenvalue weighted by atomic mass is 9.60. The molecule has 1 saturated heterocycles. The van der Waals surface area contributed by atoms with E-state index in [2.05, 4.69) is 13.0 Å². The Morgan fingerprint density at radius 3 is 0.857 bits per heavy atom. The van der Waals surface area contributed by atoms with Gasteiger partial charge in [0, 0.05) is 11.5 Å². The Kier molecular flexibility index (Phi) is 27.5. The van der Waals surface area contributed by atoms with E-state index in [1.807, 2.05) is 12.1 Å². The zero-order valence-electron chi connectivity index (χ0n) is 71.0. The van der Waals surface area contributed by atoms with Gasteiger partial charge >= 0.3 is 59.7 Å². The molecule has 1 saturated carbocycles. The van der Waals surface area contributed by atoms with Crippen LogP contribution in [-0.2, 0) is 40.3 Å². The summed E-state index contributed by atoms with van der Waals surface area (Å²) in [5.41, 5.74) is -0.559. The van der Waals surface area contributed by atoms with Gasteiger partial charge in [0.2, 0.25) is 41.1 Å². The molecule has 48 heteroatoms. The van der Waals surface area contributed by atoms with Gasteiger partial charge in [-0.1, -0.05) is 32.3 Å². The van der Waals surface area contributed by atoms with Crippen LogP contribution in [0.4, 0.5) is 0 Å². The van der Waals surface area contributed by atoms with Crippen molar-refractivity contribution in [1.29, 1.82) is 0 Å². The number of hydrogen-bond donors (Lipinski definition) is 27. The van der Waals surface area contributed by atoms with Gasteiger partial charge in [0.1, 0.15) is 18.5 Å². The summed E-state index contributed by atoms with van der Waals surface area (Å²) in [6.07, 6.45) is -7.64. The number of carbonyl (C=O) groups is 10. The highest BCUT2D eigenvalue weighted by molar-refractivity contribution is 6.00. The number of ether oxygens (including phenoxy) is 11. The van der Waals surface area contributed by atoms with E-state index in [0.29, 0.717) is 133 Å². The minimum atomic E-state index is -3.12. The van der Waals surface area contributed by atoms with Crippen LogP contribution in [-0.4, -0.2) is 236 Å². The normalized spacial score (nSPS) is 17.3. The van der Waals surface area contributed by atoms with E-state index in [4.69, 9.17) is 57.8 Å². The monoisotopic (exact) mass is 1950 g/mol. The molecule has 8 atom stereocenters. The summed E-state index contributed by atoms with van der Waals surface area (Å²) in [6.45, 7) is 0.591. The van der Waals surface area contributed by atoms with Crippen molar-refractivity contribution >= 4 is 59.7 Å². The maximum atomic E-state index is 15.3. The smallest absolute Gasteiger partial charge is 0.343 e. The average Bonchev–Trinajstić information content (AvgIpc) is 0.748. The van der Waals surface area contributed by atoms with E-state index >= 15 is 14.4 Å². The molecule has 0 amide bonds. The third kappa shape index (κ3) is 20.5. The molecule has 14 rings (SSSR count). The van der Waals surface area contributed by atoms with Crippen molar-refractivity contribution in [1.82, 2.24) is 0 Å². The fraction of sp³-hybridized carbons (Fsp3) is 0.174. The van der Waals surface area contributed by atoms with Crippen LogP contribution in [0.3, 0.4) is 0 Å². The lowest BCUT2D eigenvalue weighted by molar-refractivity contribution is -0.282. The van der Waals surface area contributed by atoms with Crippen LogP contribution >= 0.6 is 0 Å². The summed E-state index contributed by atoms with van der Waals surface area (Å²) < 4.78 is 60.4. The number of fused-ring (bicyclic) bond motifs is 4. The summed E-state index contributed by atoms with van der Waals surface area (Å²) in [7, 11) is 0. The minimum absolute atomic E-state index is 0.0530. The molecule has 0 aromatic heterocycles. The van der Waals surface area contributed by atoms with Crippen LogP contribution in [0.15, 0.2) is 140 Å². The van der Waals surface area contributed by atoms with Gasteiger partial charge in [-0.3, -0.25) is 0 Å². The second-order valence-electron chi connectivity index (χ2n) is 31.5. The first-order chi connectivity index (χ1) is 66.0. The molecule has 1 heterocycles. The van der Waals surface area contributed by atoms with Gasteiger partial charge in [-0.15, -0.1) is 0 Å². The van der Waals surface area contributed by atoms with Gasteiger partial charge in [-0.25, -0.2) is 47.9 Å². The van der Waals surface area contributed by atoms with Crippen molar-refractivity contribution in [3.8, 4) is 178 Å². The van der Waals surface area contributed by atoms with Crippen LogP contribution in [0, 0.1) is 5.92 Å². The van der Waals surface area contributed by atoms with E-state index in [0.717, 1.165) is 12.8 Å². The summed E-state index contributed by atoms with van der Waals surface area (Å²) in [6, 6.07) is 14.7. The lowest BCUT2D eigenvalue weighted by Gasteiger charge is -2.47. The van der Waals surface area contributed by atoms with Crippen LogP contribution in [0.1, 0.15) is 154 Å². The highest BCUT2D eigenvalue weighted by atomic mass is 16.8. The second-order valence-corrected chi connectivity index (χ2v) is 31.5. The van der Waals surface area contributed by atoms with Crippen molar-refractivity contribution < 1.29 is 233 Å². The number of aromatic hydroxyl groups is 26. The molecule has 730 valence electrons. The lowest BCUT2D eigenvalue weighted by Crippen LogP contribution is -2.63. The number of phenols is 26. The predicted octanol–water partition coefficient (Wildman–Crippen LogP) is 7.95. The molecule has 48 nitrogen and oxygen atoms in total. The minimum Gasteiger partial charge on any atom is -0.508 e. The average molecular weight is 1950 g/mol. The Labute approximate surface area is 779 Å². The SMILES string of the molecule is C[C@@]12CCCCCC(Cc3ccc(O)cc31)[C@@H]2N.O=C(OC[C@H]1O[C@@H](OC(=O)c2cc(O)c(O)c(OC(=O)c3cc(O)c(O)c(O)c3)c2)[C@H](OC(=O)c2cc(O)c(O)c(OC(=O)c3cc(O)c(O)c(O)c3)c2)[C@@H](OC(=O)c2cc(O)c(O)c(OC(=O)c3cc(O)c(O)c(O)c3)c2)[C@@H]1OC(=O)c1cc(O)c(O)c(OC(=O)c2cc(O)c(O)c(O)c2)c1)c1cc(O)c(O)c(OC(=O)c2cc(O)c(O)c(O)c2)c1. The van der Waals surface area contributed by atoms with Crippen molar-refractivity contribution in [3.05, 3.63) is 206 Å². The first kappa shape index (κ1) is 98.3. The molecule has 0 radical (unpaired) electrons. The zero-order valence-corrected chi connectivity index (χ0v) is 71.0. The molecule has 1 unspecified atom stereocenters. The van der Waals surface area contributed by atoms with Crippen LogP contribution in [0.5, 0.6) is 178 Å². The first-order valence-electron chi connectivity index (χ1n) is 40.4. The maximum Gasteiger partial charge on any atom is 0.343 e. The summed E-state index contributed by atoms with van der Waals surface area (Å²) >= 11 is 0. The van der Waals surface area contributed by atoms with Gasteiger partial charge in [-0.2, -0.15) is 0 Å². The number of rotatable bonds is 21. The molecule has 28 N–H and O–H groups in total. The molecule has 140 heavy (non-hydrogen) atoms. The number of benzene rings is 11. The molecule has 11 aromatic rings. The highest BCUT2D eigenvalue weighted by Gasteiger charge is 2.56. The molecular formula is C92H75NO47.